The topological polar surface area (TPSA) is 37.3 Å². The van der Waals surface area contributed by atoms with Crippen LogP contribution in [0.3, 0.4) is 0 Å². The fraction of sp³-hybridized carbons (Fsp3) is 0.533. The largest absolute Gasteiger partial charge is 0.481 e. The lowest BCUT2D eigenvalue weighted by Gasteiger charge is -2.27. The van der Waals surface area contributed by atoms with E-state index in [0.29, 0.717) is 0 Å². The van der Waals surface area contributed by atoms with Crippen molar-refractivity contribution >= 4 is 5.97 Å². The highest BCUT2D eigenvalue weighted by atomic mass is 16.4. The van der Waals surface area contributed by atoms with Crippen LogP contribution < -0.4 is 0 Å². The van der Waals surface area contributed by atoms with Gasteiger partial charge in [-0.25, -0.2) is 0 Å². The van der Waals surface area contributed by atoms with Crippen LogP contribution in [0.4, 0.5) is 0 Å². The van der Waals surface area contributed by atoms with Crippen LogP contribution in [0.2, 0.25) is 0 Å². The number of hydrogen-bond donors (Lipinski definition) is 1. The minimum Gasteiger partial charge on any atom is -0.481 e. The zero-order valence-electron chi connectivity index (χ0n) is 11.3. The maximum absolute atomic E-state index is 11.4. The molecular formula is C15H22O2. The molecule has 1 aromatic rings. The summed E-state index contributed by atoms with van der Waals surface area (Å²) in [6.45, 7) is 10.3. The van der Waals surface area contributed by atoms with Gasteiger partial charge in [0.05, 0.1) is 5.92 Å². The maximum Gasteiger partial charge on any atom is 0.311 e. The maximum atomic E-state index is 11.4. The first-order valence-corrected chi connectivity index (χ1v) is 6.07. The van der Waals surface area contributed by atoms with Crippen molar-refractivity contribution in [1.29, 1.82) is 0 Å². The third kappa shape index (κ3) is 3.09. The summed E-state index contributed by atoms with van der Waals surface area (Å²) in [5.74, 6) is -1.07. The lowest BCUT2D eigenvalue weighted by atomic mass is 9.77. The predicted molar refractivity (Wildman–Crippen MR) is 70.4 cm³/mol. The summed E-state index contributed by atoms with van der Waals surface area (Å²) in [6, 6.07) is 7.87. The molecule has 1 N–H and O–H groups in total. The fourth-order valence-electron chi connectivity index (χ4n) is 2.23. The Bertz CT molecular complexity index is 400. The molecular weight excluding hydrogens is 212 g/mol. The van der Waals surface area contributed by atoms with Gasteiger partial charge in [-0.3, -0.25) is 4.79 Å². The number of rotatable bonds is 3. The minimum atomic E-state index is -0.739. The van der Waals surface area contributed by atoms with E-state index in [2.05, 4.69) is 20.8 Å². The number of carboxylic acids is 1. The molecule has 2 nitrogen and oxygen atoms in total. The van der Waals surface area contributed by atoms with E-state index in [-0.39, 0.29) is 11.3 Å². The van der Waals surface area contributed by atoms with E-state index in [9.17, 15) is 9.90 Å². The van der Waals surface area contributed by atoms with Gasteiger partial charge in [0.2, 0.25) is 0 Å². The van der Waals surface area contributed by atoms with Crippen LogP contribution in [0.1, 0.15) is 51.7 Å². The second-order valence-corrected chi connectivity index (χ2v) is 5.90. The summed E-state index contributed by atoms with van der Waals surface area (Å²) in [7, 11) is 0. The quantitative estimate of drug-likeness (QED) is 0.863. The molecule has 94 valence electrons. The first kappa shape index (κ1) is 13.8. The molecule has 0 spiro atoms. The van der Waals surface area contributed by atoms with Crippen LogP contribution in [0.25, 0.3) is 0 Å². The van der Waals surface area contributed by atoms with Crippen molar-refractivity contribution in [2.45, 2.75) is 46.0 Å². The second kappa shape index (κ2) is 4.91. The molecule has 0 aliphatic heterocycles. The van der Waals surface area contributed by atoms with Crippen molar-refractivity contribution in [3.8, 4) is 0 Å². The molecule has 1 atom stereocenters. The molecule has 0 fully saturated rings. The number of benzene rings is 1. The molecule has 0 saturated heterocycles. The Morgan fingerprint density at radius 2 is 1.71 bits per heavy atom. The Labute approximate surface area is 104 Å². The minimum absolute atomic E-state index is 0.0286. The zero-order chi connectivity index (χ0) is 13.2. The Hall–Kier alpha value is -1.31. The van der Waals surface area contributed by atoms with Crippen molar-refractivity contribution in [1.82, 2.24) is 0 Å². The third-order valence-corrected chi connectivity index (χ3v) is 3.04. The number of hydrogen-bond acceptors (Lipinski definition) is 1. The molecule has 1 aromatic carbocycles. The van der Waals surface area contributed by atoms with Gasteiger partial charge in [-0.2, -0.15) is 0 Å². The molecule has 0 bridgehead atoms. The van der Waals surface area contributed by atoms with Crippen molar-refractivity contribution in [3.63, 3.8) is 0 Å². The lowest BCUT2D eigenvalue weighted by molar-refractivity contribution is -0.139. The molecule has 0 radical (unpaired) electrons. The van der Waals surface area contributed by atoms with Crippen LogP contribution in [-0.4, -0.2) is 11.1 Å². The lowest BCUT2D eigenvalue weighted by Crippen LogP contribution is -2.23. The monoisotopic (exact) mass is 234 g/mol. The normalized spacial score (nSPS) is 13.8. The van der Waals surface area contributed by atoms with E-state index in [1.54, 1.807) is 0 Å². The Balaban J connectivity index is 3.34. The van der Waals surface area contributed by atoms with Gasteiger partial charge in [0.1, 0.15) is 0 Å². The molecule has 0 amide bonds. The summed E-state index contributed by atoms with van der Waals surface area (Å²) in [5.41, 5.74) is 2.04. The average molecular weight is 234 g/mol. The second-order valence-electron chi connectivity index (χ2n) is 5.90. The molecule has 0 aromatic heterocycles. The summed E-state index contributed by atoms with van der Waals surface area (Å²) in [5, 5.41) is 9.39. The van der Waals surface area contributed by atoms with Gasteiger partial charge < -0.3 is 5.11 Å². The van der Waals surface area contributed by atoms with Gasteiger partial charge in [0, 0.05) is 0 Å². The highest BCUT2D eigenvalue weighted by Gasteiger charge is 2.29. The molecule has 0 heterocycles. The Morgan fingerprint density at radius 3 is 2.12 bits per heavy atom. The summed E-state index contributed by atoms with van der Waals surface area (Å²) in [6.07, 6.45) is 0. The summed E-state index contributed by atoms with van der Waals surface area (Å²) < 4.78 is 0. The SMILES string of the molecule is CC(C)C(C(=O)O)c1ccccc1C(C)(C)C. The van der Waals surface area contributed by atoms with Gasteiger partial charge in [-0.05, 0) is 22.5 Å². The Kier molecular flexibility index (Phi) is 3.97. The van der Waals surface area contributed by atoms with Crippen molar-refractivity contribution < 1.29 is 9.90 Å². The van der Waals surface area contributed by atoms with Crippen molar-refractivity contribution in [3.05, 3.63) is 35.4 Å². The Morgan fingerprint density at radius 1 is 1.18 bits per heavy atom. The third-order valence-electron chi connectivity index (χ3n) is 3.04. The molecule has 17 heavy (non-hydrogen) atoms. The van der Waals surface area contributed by atoms with E-state index in [1.807, 2.05) is 38.1 Å². The van der Waals surface area contributed by atoms with Crippen LogP contribution in [-0.2, 0) is 10.2 Å². The van der Waals surface area contributed by atoms with Crippen molar-refractivity contribution in [2.24, 2.45) is 5.92 Å². The molecule has 0 saturated carbocycles. The van der Waals surface area contributed by atoms with Crippen LogP contribution >= 0.6 is 0 Å². The zero-order valence-corrected chi connectivity index (χ0v) is 11.3. The van der Waals surface area contributed by atoms with E-state index in [0.717, 1.165) is 11.1 Å². The highest BCUT2D eigenvalue weighted by molar-refractivity contribution is 5.77. The standard InChI is InChI=1S/C15H22O2/c1-10(2)13(14(16)17)11-8-6-7-9-12(11)15(3,4)5/h6-10,13H,1-5H3,(H,16,17). The fourth-order valence-corrected chi connectivity index (χ4v) is 2.23. The molecule has 0 aliphatic rings. The van der Waals surface area contributed by atoms with E-state index >= 15 is 0 Å². The van der Waals surface area contributed by atoms with Gasteiger partial charge in [-0.1, -0.05) is 58.9 Å². The predicted octanol–water partition coefficient (Wildman–Crippen LogP) is 3.81. The van der Waals surface area contributed by atoms with Gasteiger partial charge >= 0.3 is 5.97 Å². The van der Waals surface area contributed by atoms with E-state index < -0.39 is 11.9 Å². The van der Waals surface area contributed by atoms with Gasteiger partial charge in [0.25, 0.3) is 0 Å². The molecule has 1 unspecified atom stereocenters. The van der Waals surface area contributed by atoms with Gasteiger partial charge in [-0.15, -0.1) is 0 Å². The summed E-state index contributed by atoms with van der Waals surface area (Å²) >= 11 is 0. The van der Waals surface area contributed by atoms with Crippen molar-refractivity contribution in [2.75, 3.05) is 0 Å². The molecule has 0 aliphatic carbocycles. The van der Waals surface area contributed by atoms with Gasteiger partial charge in [0.15, 0.2) is 0 Å². The molecule has 2 heteroatoms. The number of carboxylic acid groups (broad SMARTS) is 1. The number of aliphatic carboxylic acids is 1. The van der Waals surface area contributed by atoms with Crippen LogP contribution in [0.15, 0.2) is 24.3 Å². The average Bonchev–Trinajstić information content (AvgIpc) is 2.15. The van der Waals surface area contributed by atoms with E-state index in [4.69, 9.17) is 0 Å². The van der Waals surface area contributed by atoms with Crippen LogP contribution in [0, 0.1) is 5.92 Å². The summed E-state index contributed by atoms with van der Waals surface area (Å²) in [4.78, 5) is 11.4. The highest BCUT2D eigenvalue weighted by Crippen LogP contribution is 2.34. The first-order chi connectivity index (χ1) is 7.75. The first-order valence-electron chi connectivity index (χ1n) is 6.07. The van der Waals surface area contributed by atoms with E-state index in [1.165, 1.54) is 0 Å². The van der Waals surface area contributed by atoms with Crippen LogP contribution in [0.5, 0.6) is 0 Å². The molecule has 1 rings (SSSR count). The number of carbonyl (C=O) groups is 1. The smallest absolute Gasteiger partial charge is 0.311 e.